The average Bonchev–Trinajstić information content (AvgIpc) is 2.87. The number of amides is 1. The van der Waals surface area contributed by atoms with Crippen LogP contribution in [0.3, 0.4) is 0 Å². The highest BCUT2D eigenvalue weighted by Gasteiger charge is 2.28. The van der Waals surface area contributed by atoms with Crippen molar-refractivity contribution >= 4 is 23.4 Å². The standard InChI is InChI=1S/C15H22N2OS/c1-3-16-12-8-5-4-7-11(12)15(18)17-13-9-6-10-14(13)19-2/h4-5,7-8,13-14,16H,3,6,9-10H2,1-2H3,(H,17,18). The predicted octanol–water partition coefficient (Wildman–Crippen LogP) is 3.13. The first kappa shape index (κ1) is 14.3. The van der Waals surface area contributed by atoms with E-state index in [0.29, 0.717) is 11.3 Å². The second kappa shape index (κ2) is 6.85. The molecule has 2 rings (SSSR count). The fourth-order valence-corrected chi connectivity index (χ4v) is 3.58. The number of anilines is 1. The van der Waals surface area contributed by atoms with Crippen LogP contribution in [0.4, 0.5) is 5.69 Å². The molecule has 104 valence electrons. The Balaban J connectivity index is 2.07. The Bertz CT molecular complexity index is 436. The molecule has 0 bridgehead atoms. The minimum atomic E-state index is 0.0440. The maximum atomic E-state index is 12.4. The minimum absolute atomic E-state index is 0.0440. The maximum Gasteiger partial charge on any atom is 0.253 e. The molecule has 4 heteroatoms. The van der Waals surface area contributed by atoms with Gasteiger partial charge in [-0.3, -0.25) is 4.79 Å². The summed E-state index contributed by atoms with van der Waals surface area (Å²) in [5, 5.41) is 7.00. The van der Waals surface area contributed by atoms with E-state index >= 15 is 0 Å². The zero-order valence-electron chi connectivity index (χ0n) is 11.6. The highest BCUT2D eigenvalue weighted by Crippen LogP contribution is 2.28. The van der Waals surface area contributed by atoms with Gasteiger partial charge in [0, 0.05) is 23.5 Å². The van der Waals surface area contributed by atoms with Crippen molar-refractivity contribution in [3.8, 4) is 0 Å². The first-order valence-corrected chi connectivity index (χ1v) is 8.21. The van der Waals surface area contributed by atoms with Gasteiger partial charge in [-0.2, -0.15) is 11.8 Å². The number of thioether (sulfide) groups is 1. The number of para-hydroxylation sites is 1. The lowest BCUT2D eigenvalue weighted by molar-refractivity contribution is 0.0939. The van der Waals surface area contributed by atoms with Gasteiger partial charge in [-0.15, -0.1) is 0 Å². The van der Waals surface area contributed by atoms with Gasteiger partial charge in [-0.25, -0.2) is 0 Å². The third-order valence-electron chi connectivity index (χ3n) is 3.61. The lowest BCUT2D eigenvalue weighted by Crippen LogP contribution is -2.38. The molecule has 1 saturated carbocycles. The summed E-state index contributed by atoms with van der Waals surface area (Å²) in [7, 11) is 0. The number of hydrogen-bond acceptors (Lipinski definition) is 3. The second-order valence-electron chi connectivity index (χ2n) is 4.86. The van der Waals surface area contributed by atoms with Gasteiger partial charge in [0.05, 0.1) is 5.56 Å². The molecular weight excluding hydrogens is 256 g/mol. The number of rotatable bonds is 5. The summed E-state index contributed by atoms with van der Waals surface area (Å²) < 4.78 is 0. The number of benzene rings is 1. The molecule has 1 amide bonds. The molecule has 1 fully saturated rings. The first-order chi connectivity index (χ1) is 9.26. The van der Waals surface area contributed by atoms with E-state index < -0.39 is 0 Å². The quantitative estimate of drug-likeness (QED) is 0.869. The van der Waals surface area contributed by atoms with E-state index in [1.165, 1.54) is 12.8 Å². The van der Waals surface area contributed by atoms with Gasteiger partial charge in [0.2, 0.25) is 0 Å². The molecule has 2 unspecified atom stereocenters. The van der Waals surface area contributed by atoms with Crippen LogP contribution in [0.25, 0.3) is 0 Å². The van der Waals surface area contributed by atoms with E-state index in [0.717, 1.165) is 24.2 Å². The van der Waals surface area contributed by atoms with E-state index in [1.54, 1.807) is 0 Å². The number of hydrogen-bond donors (Lipinski definition) is 2. The van der Waals surface area contributed by atoms with Gasteiger partial charge >= 0.3 is 0 Å². The summed E-state index contributed by atoms with van der Waals surface area (Å²) in [5.74, 6) is 0.0440. The van der Waals surface area contributed by atoms with Crippen molar-refractivity contribution in [3.05, 3.63) is 29.8 Å². The molecule has 0 radical (unpaired) electrons. The Morgan fingerprint density at radius 1 is 1.37 bits per heavy atom. The number of carbonyl (C=O) groups excluding carboxylic acids is 1. The summed E-state index contributed by atoms with van der Waals surface area (Å²) in [5.41, 5.74) is 1.66. The molecule has 0 heterocycles. The van der Waals surface area contributed by atoms with Crippen molar-refractivity contribution in [1.29, 1.82) is 0 Å². The third kappa shape index (κ3) is 3.44. The van der Waals surface area contributed by atoms with Crippen molar-refractivity contribution in [1.82, 2.24) is 5.32 Å². The highest BCUT2D eigenvalue weighted by atomic mass is 32.2. The lowest BCUT2D eigenvalue weighted by atomic mass is 10.1. The summed E-state index contributed by atoms with van der Waals surface area (Å²) >= 11 is 1.86. The van der Waals surface area contributed by atoms with Crippen LogP contribution in [0.5, 0.6) is 0 Å². The molecule has 3 nitrogen and oxygen atoms in total. The van der Waals surface area contributed by atoms with Gasteiger partial charge in [0.1, 0.15) is 0 Å². The second-order valence-corrected chi connectivity index (χ2v) is 5.94. The van der Waals surface area contributed by atoms with Gasteiger partial charge in [0.25, 0.3) is 5.91 Å². The molecule has 1 aliphatic rings. The highest BCUT2D eigenvalue weighted by molar-refractivity contribution is 7.99. The fourth-order valence-electron chi connectivity index (χ4n) is 2.65. The van der Waals surface area contributed by atoms with Gasteiger partial charge in [-0.05, 0) is 38.2 Å². The molecule has 0 aliphatic heterocycles. The monoisotopic (exact) mass is 278 g/mol. The number of nitrogens with one attached hydrogen (secondary N) is 2. The molecule has 0 saturated heterocycles. The van der Waals surface area contributed by atoms with Crippen LogP contribution in [-0.2, 0) is 0 Å². The van der Waals surface area contributed by atoms with E-state index in [2.05, 4.69) is 16.9 Å². The molecular formula is C15H22N2OS. The molecule has 1 aliphatic carbocycles. The zero-order valence-corrected chi connectivity index (χ0v) is 12.4. The van der Waals surface area contributed by atoms with Crippen LogP contribution < -0.4 is 10.6 Å². The van der Waals surface area contributed by atoms with E-state index in [4.69, 9.17) is 0 Å². The van der Waals surface area contributed by atoms with E-state index in [1.807, 2.05) is 43.0 Å². The van der Waals surface area contributed by atoms with Crippen molar-refractivity contribution in [3.63, 3.8) is 0 Å². The van der Waals surface area contributed by atoms with E-state index in [-0.39, 0.29) is 5.91 Å². The number of carbonyl (C=O) groups is 1. The lowest BCUT2D eigenvalue weighted by Gasteiger charge is -2.20. The Morgan fingerprint density at radius 2 is 2.16 bits per heavy atom. The van der Waals surface area contributed by atoms with E-state index in [9.17, 15) is 4.79 Å². The fraction of sp³-hybridized carbons (Fsp3) is 0.533. The van der Waals surface area contributed by atoms with Crippen LogP contribution in [0.1, 0.15) is 36.5 Å². The average molecular weight is 278 g/mol. The molecule has 19 heavy (non-hydrogen) atoms. The van der Waals surface area contributed by atoms with Crippen LogP contribution in [0, 0.1) is 0 Å². The normalized spacial score (nSPS) is 22.2. The zero-order chi connectivity index (χ0) is 13.7. The van der Waals surface area contributed by atoms with Crippen LogP contribution in [-0.4, -0.2) is 30.0 Å². The first-order valence-electron chi connectivity index (χ1n) is 6.92. The van der Waals surface area contributed by atoms with Crippen molar-refractivity contribution in [2.45, 2.75) is 37.5 Å². The van der Waals surface area contributed by atoms with Gasteiger partial charge in [-0.1, -0.05) is 18.6 Å². The summed E-state index contributed by atoms with van der Waals surface area (Å²) in [6, 6.07) is 8.03. The van der Waals surface area contributed by atoms with Crippen LogP contribution >= 0.6 is 11.8 Å². The Kier molecular flexibility index (Phi) is 5.14. The predicted molar refractivity (Wildman–Crippen MR) is 83.0 cm³/mol. The third-order valence-corrected chi connectivity index (χ3v) is 4.78. The Hall–Kier alpha value is -1.16. The largest absolute Gasteiger partial charge is 0.385 e. The smallest absolute Gasteiger partial charge is 0.253 e. The van der Waals surface area contributed by atoms with Crippen LogP contribution in [0.15, 0.2) is 24.3 Å². The van der Waals surface area contributed by atoms with Crippen molar-refractivity contribution in [2.75, 3.05) is 18.1 Å². The van der Waals surface area contributed by atoms with Crippen molar-refractivity contribution < 1.29 is 4.79 Å². The Labute approximate surface area is 119 Å². The minimum Gasteiger partial charge on any atom is -0.385 e. The van der Waals surface area contributed by atoms with Gasteiger partial charge in [0.15, 0.2) is 0 Å². The summed E-state index contributed by atoms with van der Waals surface area (Å²) in [4.78, 5) is 12.4. The topological polar surface area (TPSA) is 41.1 Å². The molecule has 1 aromatic carbocycles. The molecule has 2 N–H and O–H groups in total. The van der Waals surface area contributed by atoms with Crippen LogP contribution in [0.2, 0.25) is 0 Å². The molecule has 1 aromatic rings. The summed E-state index contributed by atoms with van der Waals surface area (Å²) in [6.07, 6.45) is 5.65. The van der Waals surface area contributed by atoms with Gasteiger partial charge < -0.3 is 10.6 Å². The molecule has 0 aromatic heterocycles. The Morgan fingerprint density at radius 3 is 2.89 bits per heavy atom. The maximum absolute atomic E-state index is 12.4. The summed E-state index contributed by atoms with van der Waals surface area (Å²) in [6.45, 7) is 2.86. The molecule has 2 atom stereocenters. The molecule has 0 spiro atoms. The SMILES string of the molecule is CCNc1ccccc1C(=O)NC1CCCC1SC. The van der Waals surface area contributed by atoms with Crippen molar-refractivity contribution in [2.24, 2.45) is 0 Å².